The number of ether oxygens (including phenoxy) is 2. The molecule has 48 heavy (non-hydrogen) atoms. The number of carbonyl (C=O) groups is 1. The van der Waals surface area contributed by atoms with Crippen molar-refractivity contribution >= 4 is 5.91 Å². The van der Waals surface area contributed by atoms with Crippen molar-refractivity contribution in [3.63, 3.8) is 0 Å². The van der Waals surface area contributed by atoms with Gasteiger partial charge in [-0.15, -0.1) is 0 Å². The van der Waals surface area contributed by atoms with Crippen molar-refractivity contribution in [3.8, 4) is 0 Å². The van der Waals surface area contributed by atoms with E-state index >= 15 is 0 Å². The van der Waals surface area contributed by atoms with Crippen molar-refractivity contribution in [1.82, 2.24) is 4.90 Å². The van der Waals surface area contributed by atoms with Crippen molar-refractivity contribution in [2.45, 2.75) is 197 Å². The van der Waals surface area contributed by atoms with Gasteiger partial charge < -0.3 is 55.2 Å². The third-order valence-corrected chi connectivity index (χ3v) is 9.47. The third kappa shape index (κ3) is 17.8. The van der Waals surface area contributed by atoms with Crippen molar-refractivity contribution in [2.75, 3.05) is 26.3 Å². The van der Waals surface area contributed by atoms with Crippen molar-refractivity contribution < 1.29 is 55.1 Å². The molecule has 0 radical (unpaired) electrons. The molecule has 0 unspecified atom stereocenters. The highest BCUT2D eigenvalue weighted by molar-refractivity contribution is 5.76. The van der Waals surface area contributed by atoms with Crippen molar-refractivity contribution in [3.05, 3.63) is 0 Å². The molecule has 12 heteroatoms. The average molecular weight is 694 g/mol. The maximum atomic E-state index is 13.2. The Kier molecular flexibility index (Phi) is 26.1. The van der Waals surface area contributed by atoms with Gasteiger partial charge in [-0.1, -0.05) is 123 Å². The van der Waals surface area contributed by atoms with E-state index < -0.39 is 68.3 Å². The normalized spacial score (nSPS) is 23.9. The van der Waals surface area contributed by atoms with Crippen LogP contribution in [0.15, 0.2) is 0 Å². The maximum Gasteiger partial charge on any atom is 0.222 e. The zero-order chi connectivity index (χ0) is 35.7. The first-order chi connectivity index (χ1) is 23.1. The van der Waals surface area contributed by atoms with Gasteiger partial charge in [0.15, 0.2) is 6.29 Å². The Labute approximate surface area is 289 Å². The first-order valence-corrected chi connectivity index (χ1v) is 19.0. The summed E-state index contributed by atoms with van der Waals surface area (Å²) in [5.41, 5.74) is 0. The Morgan fingerprint density at radius 3 is 1.62 bits per heavy atom. The minimum absolute atomic E-state index is 0.137. The van der Waals surface area contributed by atoms with Crippen LogP contribution in [0.3, 0.4) is 0 Å². The van der Waals surface area contributed by atoms with Gasteiger partial charge in [-0.3, -0.25) is 4.79 Å². The Hall–Kier alpha value is -0.930. The summed E-state index contributed by atoms with van der Waals surface area (Å²) in [4.78, 5) is 14.8. The van der Waals surface area contributed by atoms with Crippen LogP contribution in [0.4, 0.5) is 0 Å². The first-order valence-electron chi connectivity index (χ1n) is 19.0. The van der Waals surface area contributed by atoms with Crippen LogP contribution >= 0.6 is 0 Å². The lowest BCUT2D eigenvalue weighted by Crippen LogP contribution is -2.61. The van der Waals surface area contributed by atoms with E-state index in [2.05, 4.69) is 13.8 Å². The van der Waals surface area contributed by atoms with E-state index in [0.29, 0.717) is 13.0 Å². The monoisotopic (exact) mass is 694 g/mol. The highest BCUT2D eigenvalue weighted by Crippen LogP contribution is 2.25. The van der Waals surface area contributed by atoms with Gasteiger partial charge in [0.05, 0.1) is 13.2 Å². The minimum atomic E-state index is -1.82. The molecule has 1 aliphatic heterocycles. The van der Waals surface area contributed by atoms with Gasteiger partial charge in [0.1, 0.15) is 48.8 Å². The lowest BCUT2D eigenvalue weighted by atomic mass is 9.98. The molecule has 1 aliphatic rings. The summed E-state index contributed by atoms with van der Waals surface area (Å²) in [5.74, 6) is -0.137. The highest BCUT2D eigenvalue weighted by atomic mass is 16.7. The molecule has 0 aromatic heterocycles. The van der Waals surface area contributed by atoms with Crippen molar-refractivity contribution in [1.29, 1.82) is 0 Å². The number of hydrogen-bond acceptors (Lipinski definition) is 11. The summed E-state index contributed by atoms with van der Waals surface area (Å²) in [5, 5.41) is 82.2. The topological polar surface area (TPSA) is 201 Å². The zero-order valence-corrected chi connectivity index (χ0v) is 29.9. The molecule has 9 atom stereocenters. The molecule has 12 nitrogen and oxygen atoms in total. The molecule has 0 aliphatic carbocycles. The zero-order valence-electron chi connectivity index (χ0n) is 29.9. The molecule has 0 bridgehead atoms. The summed E-state index contributed by atoms with van der Waals surface area (Å²) in [6.07, 6.45) is 7.04. The smallest absolute Gasteiger partial charge is 0.222 e. The second kappa shape index (κ2) is 27.8. The molecule has 1 fully saturated rings. The molecule has 0 aromatic carbocycles. The Morgan fingerprint density at radius 1 is 0.667 bits per heavy atom. The lowest BCUT2D eigenvalue weighted by Gasteiger charge is -2.42. The van der Waals surface area contributed by atoms with E-state index in [9.17, 15) is 45.6 Å². The molecule has 1 amide bonds. The highest BCUT2D eigenvalue weighted by Gasteiger charge is 2.47. The average Bonchev–Trinajstić information content (AvgIpc) is 3.09. The van der Waals surface area contributed by atoms with Gasteiger partial charge in [-0.05, 0) is 12.8 Å². The Morgan fingerprint density at radius 2 is 1.15 bits per heavy atom. The van der Waals surface area contributed by atoms with Crippen LogP contribution in [0.1, 0.15) is 142 Å². The third-order valence-electron chi connectivity index (χ3n) is 9.47. The fourth-order valence-electron chi connectivity index (χ4n) is 6.24. The summed E-state index contributed by atoms with van der Waals surface area (Å²) in [7, 11) is 0. The predicted molar refractivity (Wildman–Crippen MR) is 184 cm³/mol. The van der Waals surface area contributed by atoms with Crippen LogP contribution in [-0.2, 0) is 14.3 Å². The molecule has 8 N–H and O–H groups in total. The number of amides is 1. The Balaban J connectivity index is 2.68. The van der Waals surface area contributed by atoms with E-state index in [1.54, 1.807) is 0 Å². The number of rotatable bonds is 30. The molecule has 1 saturated heterocycles. The van der Waals surface area contributed by atoms with Gasteiger partial charge in [0.2, 0.25) is 5.91 Å². The van der Waals surface area contributed by atoms with E-state index in [4.69, 9.17) is 9.47 Å². The van der Waals surface area contributed by atoms with Crippen LogP contribution in [0.2, 0.25) is 0 Å². The van der Waals surface area contributed by atoms with Gasteiger partial charge in [0, 0.05) is 19.5 Å². The minimum Gasteiger partial charge on any atom is -0.394 e. The van der Waals surface area contributed by atoms with Gasteiger partial charge in [-0.25, -0.2) is 0 Å². The standard InChI is InChI=1S/C36H71NO11/c1-3-5-7-9-10-11-12-13-14-15-16-17-19-21-23-37(30(42)22-20-18-8-6-4-2)24-27(40)31(43)35(28(41)25-38)48-36-34(46)33(45)32(44)29(26-39)47-36/h27-29,31-36,38-41,43-46H,3-26H2,1-2H3/t27-,28+,29+,31+,32-,33-,34+,35+,36-/m0/s1. The fourth-order valence-corrected chi connectivity index (χ4v) is 6.24. The fraction of sp³-hybridized carbons (Fsp3) is 0.972. The number of hydrogen-bond donors (Lipinski definition) is 8. The van der Waals surface area contributed by atoms with Gasteiger partial charge in [-0.2, -0.15) is 0 Å². The van der Waals surface area contributed by atoms with Gasteiger partial charge in [0.25, 0.3) is 0 Å². The molecule has 1 rings (SSSR count). The number of unbranched alkanes of at least 4 members (excludes halogenated alkanes) is 17. The summed E-state index contributed by atoms with van der Waals surface area (Å²) < 4.78 is 10.9. The molecule has 1 heterocycles. The predicted octanol–water partition coefficient (Wildman–Crippen LogP) is 2.92. The molecular weight excluding hydrogens is 622 g/mol. The summed E-state index contributed by atoms with van der Waals surface area (Å²) >= 11 is 0. The number of carbonyl (C=O) groups excluding carboxylic acids is 1. The molecule has 0 spiro atoms. The largest absolute Gasteiger partial charge is 0.394 e. The van der Waals surface area contributed by atoms with E-state index in [1.165, 1.54) is 69.1 Å². The van der Waals surface area contributed by atoms with E-state index in [0.717, 1.165) is 57.8 Å². The molecular formula is C36H71NO11. The van der Waals surface area contributed by atoms with Crippen molar-refractivity contribution in [2.24, 2.45) is 0 Å². The van der Waals surface area contributed by atoms with Gasteiger partial charge >= 0.3 is 0 Å². The van der Waals surface area contributed by atoms with E-state index in [1.807, 2.05) is 0 Å². The summed E-state index contributed by atoms with van der Waals surface area (Å²) in [6, 6.07) is 0. The number of aliphatic hydroxyl groups excluding tert-OH is 8. The van der Waals surface area contributed by atoms with Crippen LogP contribution in [0, 0.1) is 0 Å². The molecule has 0 saturated carbocycles. The van der Waals surface area contributed by atoms with Crippen LogP contribution < -0.4 is 0 Å². The molecule has 0 aromatic rings. The van der Waals surface area contributed by atoms with E-state index in [-0.39, 0.29) is 12.5 Å². The lowest BCUT2D eigenvalue weighted by molar-refractivity contribution is -0.327. The number of nitrogens with zero attached hydrogens (tertiary/aromatic N) is 1. The van der Waals surface area contributed by atoms with Crippen LogP contribution in [0.5, 0.6) is 0 Å². The molecule has 286 valence electrons. The number of aliphatic hydroxyl groups is 8. The SMILES string of the molecule is CCCCCCCCCCCCCCCCN(C[C@H](O)[C@@H](O)[C@H](O[C@@H]1O[C@H](CO)[C@H](O)[C@H](O)[C@H]1O)[C@H](O)CO)C(=O)CCCCCCC. The Bertz CT molecular complexity index is 776. The second-order valence-electron chi connectivity index (χ2n) is 13.7. The first kappa shape index (κ1) is 45.1. The maximum absolute atomic E-state index is 13.2. The second-order valence-corrected chi connectivity index (χ2v) is 13.7. The van der Waals surface area contributed by atoms with Crippen LogP contribution in [-0.4, -0.2) is 133 Å². The van der Waals surface area contributed by atoms with Crippen LogP contribution in [0.25, 0.3) is 0 Å². The quantitative estimate of drug-likeness (QED) is 0.0515. The summed E-state index contributed by atoms with van der Waals surface area (Å²) in [6.45, 7) is 2.95.